The summed E-state index contributed by atoms with van der Waals surface area (Å²) in [6.45, 7) is 26.9. The van der Waals surface area contributed by atoms with Gasteiger partial charge in [-0.3, -0.25) is 48.9 Å². The van der Waals surface area contributed by atoms with E-state index in [9.17, 15) is 32.7 Å². The molecule has 9 N–H and O–H groups in total. The zero-order valence-electron chi connectivity index (χ0n) is 46.8. The van der Waals surface area contributed by atoms with E-state index >= 15 is 0 Å². The molecule has 0 bridgehead atoms. The van der Waals surface area contributed by atoms with Crippen molar-refractivity contribution in [1.82, 2.24) is 39.0 Å². The van der Waals surface area contributed by atoms with E-state index in [1.54, 1.807) is 27.7 Å². The molecule has 28 heteroatoms. The van der Waals surface area contributed by atoms with Gasteiger partial charge >= 0.3 is 10.3 Å². The summed E-state index contributed by atoms with van der Waals surface area (Å²) in [5, 5.41) is 28.1. The summed E-state index contributed by atoms with van der Waals surface area (Å²) in [6.07, 6.45) is -5.06. The summed E-state index contributed by atoms with van der Waals surface area (Å²) in [4.78, 5) is 71.0. The van der Waals surface area contributed by atoms with Crippen molar-refractivity contribution in [3.8, 4) is 0 Å². The number of aromatic nitrogens is 8. The molecule has 2 aliphatic rings. The van der Waals surface area contributed by atoms with Gasteiger partial charge in [-0.05, 0) is 50.1 Å². The van der Waals surface area contributed by atoms with E-state index in [2.05, 4.69) is 84.6 Å². The molecule has 4 aromatic rings. The van der Waals surface area contributed by atoms with E-state index in [-0.39, 0.29) is 81.8 Å². The maximum atomic E-state index is 12.6. The van der Waals surface area contributed by atoms with Gasteiger partial charge < -0.3 is 33.6 Å². The van der Waals surface area contributed by atoms with Crippen LogP contribution >= 0.6 is 0 Å². The average Bonchev–Trinajstić information content (AvgIpc) is 4.04. The largest absolute Gasteiger partial charge is 0.408 e. The molecule has 2 fully saturated rings. The van der Waals surface area contributed by atoms with Gasteiger partial charge in [0.1, 0.15) is 18.3 Å². The fourth-order valence-corrected chi connectivity index (χ4v) is 9.49. The molecule has 0 aliphatic carbocycles. The molecule has 0 saturated carbocycles. The van der Waals surface area contributed by atoms with Gasteiger partial charge in [0.25, 0.3) is 11.1 Å². The zero-order valence-corrected chi connectivity index (χ0v) is 45.6. The molecule has 4 aromatic heterocycles. The molecule has 8 unspecified atom stereocenters. The topological polar surface area (TPSA) is 352 Å². The third kappa shape index (κ3) is 13.8. The minimum atomic E-state index is -4.47. The molecule has 0 radical (unpaired) electrons. The minimum absolute atomic E-state index is 0.0125. The molecule has 25 nitrogen and oxygen atoms in total. The SMILES string of the molecule is [2H]CC1OC(n2cnc3c(=O)[nH]c(NC(=O)C(C)C)nc32)C(O)C1O[Si](C)(C)C(C)(C)C.[2H]CC1OC(n2cnc3c(=O)[nH]c(NC(=O)C(C)C)nc32)C(OS(N)(=O)=O)C1O[Si](C)(C)C(C)(C)C.[3H]OC.[3H]OC. The molecular weight excluding hydrogens is 971 g/mol. The highest BCUT2D eigenvalue weighted by molar-refractivity contribution is 7.84. The van der Waals surface area contributed by atoms with E-state index in [1.807, 2.05) is 33.9 Å². The van der Waals surface area contributed by atoms with E-state index in [0.717, 1.165) is 0 Å². The number of nitrogens with two attached hydrogens (primary N) is 1. The van der Waals surface area contributed by atoms with Crippen LogP contribution in [-0.2, 0) is 42.4 Å². The number of amides is 2. The Morgan fingerprint density at radius 2 is 1.16 bits per heavy atom. The van der Waals surface area contributed by atoms with Crippen molar-refractivity contribution in [2.24, 2.45) is 17.0 Å². The number of anilines is 2. The molecule has 2 aliphatic heterocycles. The molecule has 0 aromatic carbocycles. The third-order valence-electron chi connectivity index (χ3n) is 12.3. The number of fused-ring (bicyclic) bond motifs is 2. The minimum Gasteiger partial charge on any atom is -0.408 e. The van der Waals surface area contributed by atoms with Crippen LogP contribution in [0.15, 0.2) is 22.2 Å². The van der Waals surface area contributed by atoms with Crippen LogP contribution in [-0.4, -0.2) is 145 Å². The lowest BCUT2D eigenvalue weighted by Crippen LogP contribution is -2.50. The molecule has 2 amide bonds. The van der Waals surface area contributed by atoms with Crippen LogP contribution in [0.1, 0.15) is 98.2 Å². The van der Waals surface area contributed by atoms with Crippen molar-refractivity contribution in [2.75, 3.05) is 24.9 Å². The highest BCUT2D eigenvalue weighted by Crippen LogP contribution is 2.44. The Labute approximate surface area is 415 Å². The molecular formula is C42H75N11O14SSi2. The normalized spacial score (nSPS) is 23.8. The van der Waals surface area contributed by atoms with Gasteiger partial charge in [0.2, 0.25) is 26.6 Å². The molecule has 0 spiro atoms. The Kier molecular flexibility index (Phi) is 17.6. The lowest BCUT2D eigenvalue weighted by molar-refractivity contribution is -0.119. The van der Waals surface area contributed by atoms with E-state index in [1.165, 1.54) is 36.0 Å². The zero-order chi connectivity index (χ0) is 56.6. The standard InChI is InChI=1S/C20H34N6O7SSi.C20H33N5O5Si.2CH4O/c1-10(2)16(27)24-19-23-15-12(17(28)25-19)22-9-26(15)18-14(32-34(21,29)30)13(11(3)31-18)33-35(7,8)20(4,5)6;1-10(2)16(27)23-19-22-15-12(17(28)24-19)21-9-25(15)18-13(26)14(11(3)29-18)30-31(7,8)20(4,5)6;2*1-2/h9-11,13-14,18H,1-8H3,(H2,21,29,30)(H2,23,24,25,27,28);9-11,13-14,18,26H,1-8H3,(H2,22,23,24,27,28);2*2H,1H3/i2*3D;2*2T. The lowest BCUT2D eigenvalue weighted by atomic mass is 10.1. The van der Waals surface area contributed by atoms with Crippen molar-refractivity contribution in [1.29, 1.82) is 2.86 Å². The van der Waals surface area contributed by atoms with Crippen molar-refractivity contribution in [3.63, 3.8) is 0 Å². The number of carbonyl (C=O) groups excluding carboxylic acids is 2. The fourth-order valence-electron chi connectivity index (χ4n) is 6.33. The molecule has 6 heterocycles. The van der Waals surface area contributed by atoms with Crippen LogP contribution in [0.25, 0.3) is 22.3 Å². The second-order valence-corrected chi connectivity index (χ2v) is 30.8. The number of aliphatic hydroxyl groups excluding tert-OH is 3. The van der Waals surface area contributed by atoms with E-state index in [4.69, 9.17) is 33.3 Å². The van der Waals surface area contributed by atoms with Crippen LogP contribution in [0.3, 0.4) is 0 Å². The Balaban J connectivity index is 0.000000355. The number of rotatable bonds is 12. The van der Waals surface area contributed by atoms with Gasteiger partial charge in [-0.2, -0.15) is 18.4 Å². The molecule has 396 valence electrons. The van der Waals surface area contributed by atoms with Crippen molar-refractivity contribution >= 4 is 73.0 Å². The van der Waals surface area contributed by atoms with Gasteiger partial charge in [0, 0.05) is 28.8 Å². The lowest BCUT2D eigenvalue weighted by Gasteiger charge is -2.40. The van der Waals surface area contributed by atoms with Gasteiger partial charge in [-0.15, -0.1) is 0 Å². The number of nitrogens with zero attached hydrogens (tertiary/aromatic N) is 6. The van der Waals surface area contributed by atoms with Crippen molar-refractivity contribution < 1.29 is 58.6 Å². The second-order valence-electron chi connectivity index (χ2n) is 20.1. The van der Waals surface area contributed by atoms with Crippen LogP contribution in [0.5, 0.6) is 0 Å². The first kappa shape index (κ1) is 53.5. The summed E-state index contributed by atoms with van der Waals surface area (Å²) in [5.41, 5.74) is -0.973. The number of H-pyrrole nitrogens is 2. The van der Waals surface area contributed by atoms with Gasteiger partial charge in [0.15, 0.2) is 57.5 Å². The van der Waals surface area contributed by atoms with Crippen LogP contribution in [0, 0.1) is 11.8 Å². The first-order valence-electron chi connectivity index (χ1n) is 24.5. The highest BCUT2D eigenvalue weighted by Gasteiger charge is 2.52. The quantitative estimate of drug-likeness (QED) is 0.0944. The molecule has 2 saturated heterocycles. The third-order valence-corrected chi connectivity index (χ3v) is 21.7. The smallest absolute Gasteiger partial charge is 0.333 e. The summed E-state index contributed by atoms with van der Waals surface area (Å²) >= 11 is 0. The average molecular weight is 1050 g/mol. The Morgan fingerprint density at radius 1 is 0.786 bits per heavy atom. The number of hydrogen-bond acceptors (Lipinski definition) is 18. The molecule has 8 atom stereocenters. The molecule has 70 heavy (non-hydrogen) atoms. The van der Waals surface area contributed by atoms with Gasteiger partial charge in [-0.1, -0.05) is 69.2 Å². The number of hydrogen-bond donors (Lipinski definition) is 8. The van der Waals surface area contributed by atoms with Crippen LogP contribution in [0.4, 0.5) is 11.9 Å². The Hall–Kier alpha value is -4.34. The monoisotopic (exact) mass is 1050 g/mol. The maximum absolute atomic E-state index is 12.6. The highest BCUT2D eigenvalue weighted by atomic mass is 32.2. The number of nitrogens with one attached hydrogen (secondary N) is 4. The van der Waals surface area contributed by atoms with Crippen molar-refractivity contribution in [3.05, 3.63) is 33.4 Å². The molecule has 6 rings (SSSR count). The number of imidazole rings is 2. The second kappa shape index (κ2) is 23.0. The first-order valence-corrected chi connectivity index (χ1v) is 29.5. The predicted molar refractivity (Wildman–Crippen MR) is 267 cm³/mol. The maximum Gasteiger partial charge on any atom is 0.333 e. The Morgan fingerprint density at radius 3 is 1.53 bits per heavy atom. The fraction of sp³-hybridized carbons (Fsp3) is 0.714. The van der Waals surface area contributed by atoms with E-state index in [0.29, 0.717) is 0 Å². The van der Waals surface area contributed by atoms with Crippen molar-refractivity contribution in [2.45, 2.75) is 168 Å². The van der Waals surface area contributed by atoms with E-state index < -0.39 is 87.1 Å². The number of ether oxygens (including phenoxy) is 2. The first-order chi connectivity index (χ1) is 34.0. The van der Waals surface area contributed by atoms with Gasteiger partial charge in [0.05, 0.1) is 24.9 Å². The summed E-state index contributed by atoms with van der Waals surface area (Å²) < 4.78 is 84.3. The van der Waals surface area contributed by atoms with Gasteiger partial charge in [-0.25, -0.2) is 19.3 Å². The Bertz CT molecular complexity index is 2750. The summed E-state index contributed by atoms with van der Waals surface area (Å²) in [5.74, 6) is -1.46. The van der Waals surface area contributed by atoms with Crippen LogP contribution < -0.4 is 26.9 Å². The number of aromatic amines is 2. The predicted octanol–water partition coefficient (Wildman–Crippen LogP) is 3.21. The van der Waals surface area contributed by atoms with Crippen LogP contribution in [0.2, 0.25) is 36.3 Å². The number of carbonyl (C=O) groups is 2. The number of aliphatic hydroxyl groups is 3. The summed E-state index contributed by atoms with van der Waals surface area (Å²) in [6, 6.07) is 0. The summed E-state index contributed by atoms with van der Waals surface area (Å²) in [7, 11) is -6.62.